The molecule has 1 fully saturated rings. The van der Waals surface area contributed by atoms with Crippen LogP contribution in [0.3, 0.4) is 0 Å². The summed E-state index contributed by atoms with van der Waals surface area (Å²) in [6.45, 7) is 2.03. The number of nitrogens with two attached hydrogens (primary N) is 1. The Kier molecular flexibility index (Phi) is 4.74. The van der Waals surface area contributed by atoms with Crippen LogP contribution in [0.1, 0.15) is 19.3 Å². The predicted octanol–water partition coefficient (Wildman–Crippen LogP) is 1.58. The number of halogens is 1. The first-order valence-corrected chi connectivity index (χ1v) is 6.69. The molecule has 0 bridgehead atoms. The molecule has 1 amide bonds. The summed E-state index contributed by atoms with van der Waals surface area (Å²) in [5.74, 6) is -0.177. The molecule has 1 aliphatic heterocycles. The number of hydrogen-bond acceptors (Lipinski definition) is 3. The molecule has 1 saturated heterocycles. The van der Waals surface area contributed by atoms with E-state index in [-0.39, 0.29) is 17.8 Å². The quantitative estimate of drug-likeness (QED) is 0.849. The Morgan fingerprint density at radius 3 is 2.79 bits per heavy atom. The number of hydrogen-bond donors (Lipinski definition) is 2. The highest BCUT2D eigenvalue weighted by Crippen LogP contribution is 2.14. The van der Waals surface area contributed by atoms with Gasteiger partial charge in [-0.05, 0) is 31.0 Å². The highest BCUT2D eigenvalue weighted by Gasteiger charge is 2.21. The van der Waals surface area contributed by atoms with Crippen molar-refractivity contribution in [1.29, 1.82) is 0 Å². The normalized spacial score (nSPS) is 16.4. The maximum Gasteiger partial charge on any atom is 0.224 e. The molecule has 0 saturated carbocycles. The number of nitrogens with one attached hydrogen (secondary N) is 1. The predicted molar refractivity (Wildman–Crippen MR) is 73.3 cm³/mol. The van der Waals surface area contributed by atoms with Crippen molar-refractivity contribution < 1.29 is 9.18 Å². The van der Waals surface area contributed by atoms with E-state index >= 15 is 0 Å². The van der Waals surface area contributed by atoms with Crippen molar-refractivity contribution >= 4 is 11.6 Å². The molecule has 1 aliphatic rings. The van der Waals surface area contributed by atoms with Crippen LogP contribution in [0.25, 0.3) is 0 Å². The zero-order valence-electron chi connectivity index (χ0n) is 10.9. The van der Waals surface area contributed by atoms with Crippen molar-refractivity contribution in [3.05, 3.63) is 30.1 Å². The van der Waals surface area contributed by atoms with Gasteiger partial charge >= 0.3 is 0 Å². The molecule has 0 spiro atoms. The van der Waals surface area contributed by atoms with Gasteiger partial charge in [0.2, 0.25) is 5.91 Å². The molecule has 5 heteroatoms. The molecule has 0 aliphatic carbocycles. The summed E-state index contributed by atoms with van der Waals surface area (Å²) >= 11 is 0. The molecule has 1 aromatic carbocycles. The average molecular weight is 265 g/mol. The minimum Gasteiger partial charge on any atom is -0.380 e. The molecule has 4 nitrogen and oxygen atoms in total. The lowest BCUT2D eigenvalue weighted by molar-refractivity contribution is -0.130. The lowest BCUT2D eigenvalue weighted by Gasteiger charge is -2.21. The smallest absolute Gasteiger partial charge is 0.224 e. The number of likely N-dealkylation sites (tertiary alicyclic amines) is 1. The van der Waals surface area contributed by atoms with E-state index in [0.29, 0.717) is 18.7 Å². The zero-order valence-corrected chi connectivity index (χ0v) is 10.9. The third-order valence-corrected chi connectivity index (χ3v) is 3.36. The fraction of sp³-hybridized carbons (Fsp3) is 0.500. The van der Waals surface area contributed by atoms with Gasteiger partial charge in [-0.3, -0.25) is 4.79 Å². The largest absolute Gasteiger partial charge is 0.380 e. The molecule has 19 heavy (non-hydrogen) atoms. The first-order chi connectivity index (χ1) is 9.19. The summed E-state index contributed by atoms with van der Waals surface area (Å²) < 4.78 is 13.1. The van der Waals surface area contributed by atoms with Crippen LogP contribution >= 0.6 is 0 Å². The highest BCUT2D eigenvalue weighted by molar-refractivity contribution is 5.77. The van der Waals surface area contributed by atoms with E-state index in [1.165, 1.54) is 12.1 Å². The van der Waals surface area contributed by atoms with Crippen LogP contribution in [0.2, 0.25) is 0 Å². The number of carbonyl (C=O) groups is 1. The number of benzene rings is 1. The minimum atomic E-state index is -0.299. The van der Waals surface area contributed by atoms with Crippen LogP contribution < -0.4 is 11.1 Å². The Labute approximate surface area is 112 Å². The van der Waals surface area contributed by atoms with E-state index in [0.717, 1.165) is 25.9 Å². The third-order valence-electron chi connectivity index (χ3n) is 3.36. The number of nitrogens with zero attached hydrogens (tertiary/aromatic N) is 1. The zero-order chi connectivity index (χ0) is 13.7. The van der Waals surface area contributed by atoms with Crippen LogP contribution in [0, 0.1) is 5.82 Å². The van der Waals surface area contributed by atoms with Gasteiger partial charge in [0.25, 0.3) is 0 Å². The number of rotatable bonds is 5. The van der Waals surface area contributed by atoms with Crippen LogP contribution in [0.5, 0.6) is 0 Å². The van der Waals surface area contributed by atoms with Crippen molar-refractivity contribution in [2.24, 2.45) is 5.73 Å². The van der Waals surface area contributed by atoms with E-state index in [4.69, 9.17) is 5.73 Å². The van der Waals surface area contributed by atoms with Crippen LogP contribution in [-0.4, -0.2) is 36.5 Å². The molecule has 2 rings (SSSR count). The van der Waals surface area contributed by atoms with Gasteiger partial charge in [0.05, 0.1) is 0 Å². The summed E-state index contributed by atoms with van der Waals surface area (Å²) in [6, 6.07) is 6.04. The molecule has 3 N–H and O–H groups in total. The van der Waals surface area contributed by atoms with Crippen LogP contribution in [0.15, 0.2) is 24.3 Å². The van der Waals surface area contributed by atoms with Crippen molar-refractivity contribution in [1.82, 2.24) is 4.90 Å². The van der Waals surface area contributed by atoms with Crippen molar-refractivity contribution in [3.63, 3.8) is 0 Å². The van der Waals surface area contributed by atoms with Crippen LogP contribution in [-0.2, 0) is 4.79 Å². The highest BCUT2D eigenvalue weighted by atomic mass is 19.1. The van der Waals surface area contributed by atoms with Gasteiger partial charge in [0.1, 0.15) is 5.82 Å². The summed E-state index contributed by atoms with van der Waals surface area (Å²) in [4.78, 5) is 13.9. The van der Waals surface area contributed by atoms with Gasteiger partial charge in [-0.2, -0.15) is 0 Å². The standard InChI is InChI=1S/C14H20FN3O/c15-11-4-3-5-12(8-11)17-13(10-16)9-14(19)18-6-1-2-7-18/h3-5,8,13,17H,1-2,6-7,9-10,16H2. The number of amides is 1. The topological polar surface area (TPSA) is 58.4 Å². The maximum atomic E-state index is 13.1. The Morgan fingerprint density at radius 2 is 2.16 bits per heavy atom. The lowest BCUT2D eigenvalue weighted by atomic mass is 10.1. The van der Waals surface area contributed by atoms with Crippen LogP contribution in [0.4, 0.5) is 10.1 Å². The van der Waals surface area contributed by atoms with Gasteiger partial charge in [-0.25, -0.2) is 4.39 Å². The van der Waals surface area contributed by atoms with Crippen molar-refractivity contribution in [2.75, 3.05) is 25.0 Å². The Morgan fingerprint density at radius 1 is 1.42 bits per heavy atom. The summed E-state index contributed by atoms with van der Waals surface area (Å²) in [7, 11) is 0. The van der Waals surface area contributed by atoms with E-state index in [9.17, 15) is 9.18 Å². The molecular weight excluding hydrogens is 245 g/mol. The van der Waals surface area contributed by atoms with Gasteiger partial charge in [-0.1, -0.05) is 6.07 Å². The molecule has 0 aromatic heterocycles. The molecule has 1 aromatic rings. The van der Waals surface area contributed by atoms with E-state index in [2.05, 4.69) is 5.32 Å². The summed E-state index contributed by atoms with van der Waals surface area (Å²) in [5.41, 5.74) is 6.34. The van der Waals surface area contributed by atoms with Gasteiger partial charge in [0, 0.05) is 37.8 Å². The van der Waals surface area contributed by atoms with E-state index in [1.807, 2.05) is 4.90 Å². The van der Waals surface area contributed by atoms with Crippen molar-refractivity contribution in [3.8, 4) is 0 Å². The first kappa shape index (κ1) is 13.8. The lowest BCUT2D eigenvalue weighted by Crippen LogP contribution is -2.37. The monoisotopic (exact) mass is 265 g/mol. The molecule has 0 radical (unpaired) electrons. The second kappa shape index (κ2) is 6.52. The van der Waals surface area contributed by atoms with E-state index < -0.39 is 0 Å². The number of anilines is 1. The molecule has 1 atom stereocenters. The van der Waals surface area contributed by atoms with Gasteiger partial charge in [-0.15, -0.1) is 0 Å². The van der Waals surface area contributed by atoms with Gasteiger partial charge < -0.3 is 16.0 Å². The minimum absolute atomic E-state index is 0.122. The van der Waals surface area contributed by atoms with Gasteiger partial charge in [0.15, 0.2) is 0 Å². The average Bonchev–Trinajstić information content (AvgIpc) is 2.92. The Bertz CT molecular complexity index is 432. The fourth-order valence-electron chi connectivity index (χ4n) is 2.31. The summed E-state index contributed by atoms with van der Waals surface area (Å²) in [5, 5.41) is 3.11. The molecular formula is C14H20FN3O. The summed E-state index contributed by atoms with van der Waals surface area (Å²) in [6.07, 6.45) is 2.51. The third kappa shape index (κ3) is 3.92. The van der Waals surface area contributed by atoms with Crippen molar-refractivity contribution in [2.45, 2.75) is 25.3 Å². The Balaban J connectivity index is 1.90. The fourth-order valence-corrected chi connectivity index (χ4v) is 2.31. The second-order valence-corrected chi connectivity index (χ2v) is 4.88. The number of carbonyl (C=O) groups excluding carboxylic acids is 1. The second-order valence-electron chi connectivity index (χ2n) is 4.88. The SMILES string of the molecule is NCC(CC(=O)N1CCCC1)Nc1cccc(F)c1. The maximum absolute atomic E-state index is 13.1. The Hall–Kier alpha value is -1.62. The van der Waals surface area contributed by atoms with E-state index in [1.54, 1.807) is 12.1 Å². The first-order valence-electron chi connectivity index (χ1n) is 6.69. The molecule has 1 unspecified atom stereocenters. The molecule has 104 valence electrons. The molecule has 1 heterocycles.